The number of sulfonamides is 1. The lowest BCUT2D eigenvalue weighted by molar-refractivity contribution is 0.0694. The molecule has 1 aliphatic rings. The molecular formula is C24H20F2N2O4S. The van der Waals surface area contributed by atoms with Crippen molar-refractivity contribution in [2.24, 2.45) is 0 Å². The first-order valence-electron chi connectivity index (χ1n) is 10.2. The summed E-state index contributed by atoms with van der Waals surface area (Å²) >= 11 is 0. The van der Waals surface area contributed by atoms with Gasteiger partial charge in [0.1, 0.15) is 16.5 Å². The van der Waals surface area contributed by atoms with Crippen molar-refractivity contribution in [1.29, 1.82) is 0 Å². The normalized spacial score (nSPS) is 14.8. The number of rotatable bonds is 5. The van der Waals surface area contributed by atoms with Crippen molar-refractivity contribution in [3.63, 3.8) is 0 Å². The van der Waals surface area contributed by atoms with Gasteiger partial charge < -0.3 is 4.90 Å². The molecule has 0 atom stereocenters. The van der Waals surface area contributed by atoms with E-state index < -0.39 is 26.6 Å². The molecule has 1 amide bonds. The van der Waals surface area contributed by atoms with E-state index in [0.717, 1.165) is 16.4 Å². The van der Waals surface area contributed by atoms with Gasteiger partial charge in [-0.25, -0.2) is 17.2 Å². The summed E-state index contributed by atoms with van der Waals surface area (Å²) in [6.45, 7) is 0.0167. The van der Waals surface area contributed by atoms with E-state index in [1.54, 1.807) is 54.6 Å². The molecule has 0 N–H and O–H groups in total. The molecule has 1 saturated heterocycles. The molecule has 1 heterocycles. The van der Waals surface area contributed by atoms with Crippen LogP contribution in [0.3, 0.4) is 0 Å². The van der Waals surface area contributed by atoms with Crippen molar-refractivity contribution in [3.05, 3.63) is 101 Å². The second kappa shape index (κ2) is 9.21. The molecule has 3 aromatic rings. The third-order valence-corrected chi connectivity index (χ3v) is 7.41. The number of nitrogens with zero attached hydrogens (tertiary/aromatic N) is 2. The summed E-state index contributed by atoms with van der Waals surface area (Å²) in [5.41, 5.74) is 0.944. The monoisotopic (exact) mass is 470 g/mol. The number of halogens is 2. The van der Waals surface area contributed by atoms with Crippen LogP contribution in [-0.2, 0) is 10.0 Å². The first kappa shape index (κ1) is 22.8. The van der Waals surface area contributed by atoms with Gasteiger partial charge in [-0.1, -0.05) is 48.5 Å². The van der Waals surface area contributed by atoms with Crippen molar-refractivity contribution in [3.8, 4) is 0 Å². The highest BCUT2D eigenvalue weighted by Gasteiger charge is 2.33. The molecule has 0 aromatic heterocycles. The quantitative estimate of drug-likeness (QED) is 0.536. The lowest BCUT2D eigenvalue weighted by atomic mass is 9.97. The van der Waals surface area contributed by atoms with Gasteiger partial charge in [0, 0.05) is 43.4 Å². The first-order chi connectivity index (χ1) is 15.8. The predicted octanol–water partition coefficient (Wildman–Crippen LogP) is 3.34. The highest BCUT2D eigenvalue weighted by molar-refractivity contribution is 7.89. The SMILES string of the molecule is O=C(c1ccccc1)c1ccccc1C(=O)N1CCN(S(=O)(=O)c2ccc(F)cc2F)CC1. The smallest absolute Gasteiger partial charge is 0.254 e. The van der Waals surface area contributed by atoms with Crippen molar-refractivity contribution < 1.29 is 26.8 Å². The van der Waals surface area contributed by atoms with Crippen LogP contribution < -0.4 is 0 Å². The van der Waals surface area contributed by atoms with Crippen LogP contribution in [0.1, 0.15) is 26.3 Å². The standard InChI is InChI=1S/C24H20F2N2O4S/c25-18-10-11-22(21(26)16-18)33(31,32)28-14-12-27(13-15-28)24(30)20-9-5-4-8-19(20)23(29)17-6-2-1-3-7-17/h1-11,16H,12-15H2. The van der Waals surface area contributed by atoms with Gasteiger partial charge in [0.05, 0.1) is 5.56 Å². The van der Waals surface area contributed by atoms with Gasteiger partial charge in [0.2, 0.25) is 10.0 Å². The van der Waals surface area contributed by atoms with Gasteiger partial charge >= 0.3 is 0 Å². The minimum absolute atomic E-state index is 0.0559. The molecule has 4 rings (SSSR count). The van der Waals surface area contributed by atoms with E-state index in [2.05, 4.69) is 0 Å². The topological polar surface area (TPSA) is 74.8 Å². The zero-order chi connectivity index (χ0) is 23.6. The number of piperazine rings is 1. The fraction of sp³-hybridized carbons (Fsp3) is 0.167. The Morgan fingerprint density at radius 3 is 2.00 bits per heavy atom. The molecule has 0 radical (unpaired) electrons. The van der Waals surface area contributed by atoms with E-state index in [1.807, 2.05) is 0 Å². The fourth-order valence-electron chi connectivity index (χ4n) is 3.74. The second-order valence-electron chi connectivity index (χ2n) is 7.51. The Labute approximate surface area is 190 Å². The maximum absolute atomic E-state index is 14.0. The molecule has 170 valence electrons. The Bertz CT molecular complexity index is 1310. The van der Waals surface area contributed by atoms with Crippen LogP contribution >= 0.6 is 0 Å². The van der Waals surface area contributed by atoms with E-state index in [1.165, 1.54) is 4.90 Å². The van der Waals surface area contributed by atoms with Gasteiger partial charge in [-0.3, -0.25) is 9.59 Å². The fourth-order valence-corrected chi connectivity index (χ4v) is 5.21. The van der Waals surface area contributed by atoms with Crippen LogP contribution in [0.25, 0.3) is 0 Å². The van der Waals surface area contributed by atoms with Crippen LogP contribution in [0.5, 0.6) is 0 Å². The predicted molar refractivity (Wildman–Crippen MR) is 117 cm³/mol. The number of hydrogen-bond acceptors (Lipinski definition) is 4. The summed E-state index contributed by atoms with van der Waals surface area (Å²) in [6, 6.07) is 17.4. The highest BCUT2D eigenvalue weighted by atomic mass is 32.2. The molecule has 1 aliphatic heterocycles. The summed E-state index contributed by atoms with van der Waals surface area (Å²) in [5.74, 6) is -2.71. The van der Waals surface area contributed by atoms with Crippen LogP contribution in [0.15, 0.2) is 77.7 Å². The first-order valence-corrected chi connectivity index (χ1v) is 11.7. The number of ketones is 1. The van der Waals surface area contributed by atoms with E-state index in [9.17, 15) is 26.8 Å². The average Bonchev–Trinajstić information content (AvgIpc) is 2.83. The minimum atomic E-state index is -4.18. The zero-order valence-corrected chi connectivity index (χ0v) is 18.3. The van der Waals surface area contributed by atoms with Gasteiger partial charge in [-0.2, -0.15) is 4.31 Å². The summed E-state index contributed by atoms with van der Waals surface area (Å²) in [7, 11) is -4.18. The Morgan fingerprint density at radius 1 is 0.758 bits per heavy atom. The molecule has 0 bridgehead atoms. The average molecular weight is 470 g/mol. The third kappa shape index (κ3) is 4.55. The van der Waals surface area contributed by atoms with E-state index in [0.29, 0.717) is 11.6 Å². The molecule has 33 heavy (non-hydrogen) atoms. The molecule has 1 fully saturated rings. The molecule has 9 heteroatoms. The second-order valence-corrected chi connectivity index (χ2v) is 9.42. The number of amides is 1. The van der Waals surface area contributed by atoms with Gasteiger partial charge in [0.25, 0.3) is 5.91 Å². The summed E-state index contributed by atoms with van der Waals surface area (Å²) in [6.07, 6.45) is 0. The number of hydrogen-bond donors (Lipinski definition) is 0. The summed E-state index contributed by atoms with van der Waals surface area (Å²) in [5, 5.41) is 0. The minimum Gasteiger partial charge on any atom is -0.336 e. The van der Waals surface area contributed by atoms with Crippen LogP contribution in [0.2, 0.25) is 0 Å². The van der Waals surface area contributed by atoms with Crippen LogP contribution in [-0.4, -0.2) is 55.5 Å². The Hall–Kier alpha value is -3.43. The van der Waals surface area contributed by atoms with Gasteiger partial charge in [-0.05, 0) is 18.2 Å². The number of benzene rings is 3. The van der Waals surface area contributed by atoms with Crippen molar-refractivity contribution >= 4 is 21.7 Å². The van der Waals surface area contributed by atoms with E-state index in [4.69, 9.17) is 0 Å². The molecule has 0 spiro atoms. The van der Waals surface area contributed by atoms with Crippen molar-refractivity contribution in [1.82, 2.24) is 9.21 Å². The molecule has 0 saturated carbocycles. The van der Waals surface area contributed by atoms with E-state index >= 15 is 0 Å². The maximum atomic E-state index is 14.0. The Morgan fingerprint density at radius 2 is 1.36 bits per heavy atom. The van der Waals surface area contributed by atoms with Crippen LogP contribution in [0.4, 0.5) is 8.78 Å². The number of carbonyl (C=O) groups is 2. The molecule has 0 unspecified atom stereocenters. The largest absolute Gasteiger partial charge is 0.336 e. The Kier molecular flexibility index (Phi) is 6.35. The van der Waals surface area contributed by atoms with Gasteiger partial charge in [-0.15, -0.1) is 0 Å². The number of carbonyl (C=O) groups excluding carboxylic acids is 2. The molecule has 6 nitrogen and oxygen atoms in total. The lowest BCUT2D eigenvalue weighted by Crippen LogP contribution is -2.50. The van der Waals surface area contributed by atoms with Crippen molar-refractivity contribution in [2.75, 3.05) is 26.2 Å². The third-order valence-electron chi connectivity index (χ3n) is 5.48. The maximum Gasteiger partial charge on any atom is 0.254 e. The molecular weight excluding hydrogens is 450 g/mol. The van der Waals surface area contributed by atoms with Crippen LogP contribution in [0, 0.1) is 11.6 Å². The zero-order valence-electron chi connectivity index (χ0n) is 17.4. The highest BCUT2D eigenvalue weighted by Crippen LogP contribution is 2.23. The molecule has 0 aliphatic carbocycles. The van der Waals surface area contributed by atoms with E-state index in [-0.39, 0.29) is 49.0 Å². The molecule has 3 aromatic carbocycles. The van der Waals surface area contributed by atoms with Crippen molar-refractivity contribution in [2.45, 2.75) is 4.90 Å². The summed E-state index contributed by atoms with van der Waals surface area (Å²) in [4.78, 5) is 27.0. The summed E-state index contributed by atoms with van der Waals surface area (Å²) < 4.78 is 53.8. The van der Waals surface area contributed by atoms with Gasteiger partial charge in [0.15, 0.2) is 5.78 Å². The lowest BCUT2D eigenvalue weighted by Gasteiger charge is -2.34. The Balaban J connectivity index is 1.51.